The topological polar surface area (TPSA) is 139 Å². The van der Waals surface area contributed by atoms with Crippen molar-refractivity contribution >= 4 is 17.3 Å². The molecule has 0 saturated carbocycles. The number of nitro benzene ring substituents is 1. The number of H-pyrrole nitrogens is 1. The van der Waals surface area contributed by atoms with E-state index in [1.165, 1.54) is 18.2 Å². The molecular formula is C11H12N6O3. The quantitative estimate of drug-likeness (QED) is 0.357. The summed E-state index contributed by atoms with van der Waals surface area (Å²) >= 11 is 0. The summed E-state index contributed by atoms with van der Waals surface area (Å²) in [5, 5.41) is 20.0. The first-order valence-corrected chi connectivity index (χ1v) is 5.63. The Bertz CT molecular complexity index is 625. The summed E-state index contributed by atoms with van der Waals surface area (Å²) < 4.78 is 0. The van der Waals surface area contributed by atoms with Crippen molar-refractivity contribution in [2.45, 2.75) is 6.54 Å². The number of hydrogen-bond donors (Lipinski definition) is 4. The maximum atomic E-state index is 12.0. The van der Waals surface area contributed by atoms with Gasteiger partial charge in [0.05, 0.1) is 11.1 Å². The van der Waals surface area contributed by atoms with Crippen LogP contribution in [-0.4, -0.2) is 21.0 Å². The number of para-hydroxylation sites is 1. The van der Waals surface area contributed by atoms with E-state index in [1.807, 2.05) is 0 Å². The molecule has 2 rings (SSSR count). The van der Waals surface area contributed by atoms with Gasteiger partial charge in [-0.25, -0.2) is 0 Å². The molecule has 104 valence electrons. The number of nitrogens with two attached hydrogens (primary N) is 1. The van der Waals surface area contributed by atoms with Crippen LogP contribution in [0.2, 0.25) is 0 Å². The fraction of sp³-hybridized carbons (Fsp3) is 0.0909. The molecule has 1 aromatic carbocycles. The minimum Gasteiger partial charge on any atom is -0.348 e. The number of amides is 1. The van der Waals surface area contributed by atoms with Gasteiger partial charge in [-0.2, -0.15) is 5.10 Å². The van der Waals surface area contributed by atoms with E-state index in [4.69, 9.17) is 5.84 Å². The third kappa shape index (κ3) is 2.72. The van der Waals surface area contributed by atoms with Gasteiger partial charge in [0.1, 0.15) is 11.3 Å². The molecule has 9 heteroatoms. The zero-order chi connectivity index (χ0) is 14.5. The van der Waals surface area contributed by atoms with Gasteiger partial charge in [0, 0.05) is 18.3 Å². The van der Waals surface area contributed by atoms with Gasteiger partial charge in [0.2, 0.25) is 0 Å². The van der Waals surface area contributed by atoms with E-state index in [0.717, 1.165) is 5.56 Å². The van der Waals surface area contributed by atoms with Crippen molar-refractivity contribution in [2.24, 2.45) is 5.84 Å². The van der Waals surface area contributed by atoms with Crippen molar-refractivity contribution in [2.75, 3.05) is 5.43 Å². The standard InChI is InChI=1S/C11H12N6O3/c12-16-9-3-1-2-8(10(9)17(19)20)11(18)13-4-7-5-14-15-6-7/h1-3,5-6,16H,4,12H2,(H,13,18)(H,14,15). The number of aromatic amines is 1. The zero-order valence-corrected chi connectivity index (χ0v) is 10.3. The predicted octanol–water partition coefficient (Wildman–Crippen LogP) is 0.533. The molecule has 1 heterocycles. The van der Waals surface area contributed by atoms with Gasteiger partial charge in [-0.1, -0.05) is 6.07 Å². The zero-order valence-electron chi connectivity index (χ0n) is 10.3. The summed E-state index contributed by atoms with van der Waals surface area (Å²) in [5.74, 6) is 4.65. The van der Waals surface area contributed by atoms with E-state index >= 15 is 0 Å². The molecule has 0 unspecified atom stereocenters. The Kier molecular flexibility index (Phi) is 3.91. The van der Waals surface area contributed by atoms with Gasteiger partial charge in [0.25, 0.3) is 5.91 Å². The van der Waals surface area contributed by atoms with Gasteiger partial charge in [-0.3, -0.25) is 25.9 Å². The number of hydrazine groups is 1. The molecule has 2 aromatic rings. The number of benzene rings is 1. The van der Waals surface area contributed by atoms with Gasteiger partial charge in [-0.15, -0.1) is 0 Å². The van der Waals surface area contributed by atoms with Crippen LogP contribution < -0.4 is 16.6 Å². The Morgan fingerprint density at radius 3 is 2.90 bits per heavy atom. The third-order valence-electron chi connectivity index (χ3n) is 2.63. The summed E-state index contributed by atoms with van der Waals surface area (Å²) in [4.78, 5) is 22.4. The SMILES string of the molecule is NNc1cccc(C(=O)NCc2cn[nH]c2)c1[N+](=O)[O-]. The van der Waals surface area contributed by atoms with Crippen LogP contribution in [0, 0.1) is 10.1 Å². The van der Waals surface area contributed by atoms with Crippen LogP contribution in [0.4, 0.5) is 11.4 Å². The van der Waals surface area contributed by atoms with Crippen LogP contribution in [0.25, 0.3) is 0 Å². The number of nitro groups is 1. The number of aromatic nitrogens is 2. The van der Waals surface area contributed by atoms with Crippen LogP contribution >= 0.6 is 0 Å². The Balaban J connectivity index is 2.23. The molecule has 0 fully saturated rings. The monoisotopic (exact) mass is 276 g/mol. The summed E-state index contributed by atoms with van der Waals surface area (Å²) in [6, 6.07) is 4.30. The normalized spacial score (nSPS) is 10.1. The molecule has 0 bridgehead atoms. The van der Waals surface area contributed by atoms with E-state index in [2.05, 4.69) is 20.9 Å². The molecule has 0 saturated heterocycles. The van der Waals surface area contributed by atoms with E-state index in [-0.39, 0.29) is 23.5 Å². The first-order valence-electron chi connectivity index (χ1n) is 5.63. The average molecular weight is 276 g/mol. The molecule has 0 aliphatic rings. The number of carbonyl (C=O) groups excluding carboxylic acids is 1. The smallest absolute Gasteiger partial charge is 0.306 e. The number of anilines is 1. The van der Waals surface area contributed by atoms with Gasteiger partial charge in [-0.05, 0) is 12.1 Å². The second-order valence-corrected chi connectivity index (χ2v) is 3.89. The summed E-state index contributed by atoms with van der Waals surface area (Å²) in [6.07, 6.45) is 3.17. The lowest BCUT2D eigenvalue weighted by Gasteiger charge is -2.07. The highest BCUT2D eigenvalue weighted by Crippen LogP contribution is 2.27. The number of nitrogens with zero attached hydrogens (tertiary/aromatic N) is 2. The van der Waals surface area contributed by atoms with Gasteiger partial charge in [0.15, 0.2) is 0 Å². The molecular weight excluding hydrogens is 264 g/mol. The highest BCUT2D eigenvalue weighted by atomic mass is 16.6. The lowest BCUT2D eigenvalue weighted by molar-refractivity contribution is -0.384. The van der Waals surface area contributed by atoms with Crippen LogP contribution in [0.15, 0.2) is 30.6 Å². The fourth-order valence-corrected chi connectivity index (χ4v) is 1.69. The van der Waals surface area contributed by atoms with E-state index in [9.17, 15) is 14.9 Å². The summed E-state index contributed by atoms with van der Waals surface area (Å²) in [5.41, 5.74) is 2.62. The predicted molar refractivity (Wildman–Crippen MR) is 70.7 cm³/mol. The summed E-state index contributed by atoms with van der Waals surface area (Å²) in [6.45, 7) is 0.215. The minimum absolute atomic E-state index is 0.0612. The number of nitrogens with one attached hydrogen (secondary N) is 3. The molecule has 9 nitrogen and oxygen atoms in total. The van der Waals surface area contributed by atoms with E-state index in [1.54, 1.807) is 12.4 Å². The number of carbonyl (C=O) groups is 1. The number of rotatable bonds is 5. The molecule has 1 amide bonds. The Morgan fingerprint density at radius 2 is 2.30 bits per heavy atom. The average Bonchev–Trinajstić information content (AvgIpc) is 2.96. The highest BCUT2D eigenvalue weighted by molar-refractivity contribution is 6.00. The lowest BCUT2D eigenvalue weighted by Crippen LogP contribution is -2.24. The molecule has 0 radical (unpaired) electrons. The molecule has 1 aromatic heterocycles. The fourth-order valence-electron chi connectivity index (χ4n) is 1.69. The number of hydrogen-bond acceptors (Lipinski definition) is 6. The molecule has 20 heavy (non-hydrogen) atoms. The first kappa shape index (κ1) is 13.5. The van der Waals surface area contributed by atoms with Crippen molar-refractivity contribution in [1.82, 2.24) is 15.5 Å². The van der Waals surface area contributed by atoms with Crippen LogP contribution in [0.1, 0.15) is 15.9 Å². The molecule has 0 aliphatic heterocycles. The molecule has 5 N–H and O–H groups in total. The molecule has 0 atom stereocenters. The molecule has 0 aliphatic carbocycles. The maximum Gasteiger partial charge on any atom is 0.306 e. The second kappa shape index (κ2) is 5.80. The van der Waals surface area contributed by atoms with Crippen LogP contribution in [0.3, 0.4) is 0 Å². The third-order valence-corrected chi connectivity index (χ3v) is 2.63. The van der Waals surface area contributed by atoms with Crippen molar-refractivity contribution in [3.05, 3.63) is 51.8 Å². The number of nitrogen functional groups attached to an aromatic ring is 1. The van der Waals surface area contributed by atoms with Crippen molar-refractivity contribution in [3.8, 4) is 0 Å². The van der Waals surface area contributed by atoms with E-state index < -0.39 is 10.8 Å². The maximum absolute atomic E-state index is 12.0. The molecule has 0 spiro atoms. The second-order valence-electron chi connectivity index (χ2n) is 3.89. The van der Waals surface area contributed by atoms with Crippen LogP contribution in [-0.2, 0) is 6.54 Å². The highest BCUT2D eigenvalue weighted by Gasteiger charge is 2.23. The Hall–Kier alpha value is -2.94. The van der Waals surface area contributed by atoms with Crippen molar-refractivity contribution in [3.63, 3.8) is 0 Å². The largest absolute Gasteiger partial charge is 0.348 e. The lowest BCUT2D eigenvalue weighted by atomic mass is 10.1. The minimum atomic E-state index is -0.651. The Morgan fingerprint density at radius 1 is 1.50 bits per heavy atom. The van der Waals surface area contributed by atoms with Gasteiger partial charge >= 0.3 is 5.69 Å². The van der Waals surface area contributed by atoms with Crippen LogP contribution in [0.5, 0.6) is 0 Å². The first-order chi connectivity index (χ1) is 9.63. The summed E-state index contributed by atoms with van der Waals surface area (Å²) in [7, 11) is 0. The van der Waals surface area contributed by atoms with Gasteiger partial charge < -0.3 is 10.7 Å². The van der Waals surface area contributed by atoms with E-state index in [0.29, 0.717) is 0 Å². The Labute approximate surface area is 113 Å². The van der Waals surface area contributed by atoms with Crippen molar-refractivity contribution in [1.29, 1.82) is 0 Å². The van der Waals surface area contributed by atoms with Crippen molar-refractivity contribution < 1.29 is 9.72 Å².